The van der Waals surface area contributed by atoms with E-state index in [2.05, 4.69) is 27.7 Å². The average Bonchev–Trinajstić information content (AvgIpc) is 3.23. The lowest BCUT2D eigenvalue weighted by molar-refractivity contribution is -0.261. The molecule has 2 bridgehead atoms. The Kier molecular flexibility index (Phi) is 4.72. The molecule has 1 heterocycles. The van der Waals surface area contributed by atoms with Gasteiger partial charge in [-0.15, -0.1) is 0 Å². The van der Waals surface area contributed by atoms with Crippen molar-refractivity contribution in [1.82, 2.24) is 0 Å². The zero-order chi connectivity index (χ0) is 18.7. The summed E-state index contributed by atoms with van der Waals surface area (Å²) in [7, 11) is 1.66. The van der Waals surface area contributed by atoms with Crippen LogP contribution in [0.15, 0.2) is 0 Å². The van der Waals surface area contributed by atoms with E-state index in [0.29, 0.717) is 25.0 Å². The van der Waals surface area contributed by atoms with Gasteiger partial charge in [0.15, 0.2) is 5.79 Å². The summed E-state index contributed by atoms with van der Waals surface area (Å²) in [5.41, 5.74) is -0.145. The largest absolute Gasteiger partial charge is 0.392 e. The van der Waals surface area contributed by atoms with Gasteiger partial charge in [-0.3, -0.25) is 0 Å². The van der Waals surface area contributed by atoms with Gasteiger partial charge in [0.2, 0.25) is 0 Å². The predicted octanol–water partition coefficient (Wildman–Crippen LogP) is 3.20. The number of ether oxygens (including phenoxy) is 4. The van der Waals surface area contributed by atoms with Crippen LogP contribution in [0.25, 0.3) is 0 Å². The third-order valence-corrected chi connectivity index (χ3v) is 8.89. The lowest BCUT2D eigenvalue weighted by Crippen LogP contribution is -2.60. The molecule has 5 nitrogen and oxygen atoms in total. The Hall–Kier alpha value is -0.200. The van der Waals surface area contributed by atoms with Gasteiger partial charge in [0.1, 0.15) is 6.79 Å². The van der Waals surface area contributed by atoms with Crippen LogP contribution in [0.1, 0.15) is 53.4 Å². The molecule has 26 heavy (non-hydrogen) atoms. The molecule has 1 spiro atoms. The number of hydrogen-bond donors (Lipinski definition) is 1. The first-order chi connectivity index (χ1) is 12.3. The molecule has 1 N–H and O–H groups in total. The van der Waals surface area contributed by atoms with Crippen molar-refractivity contribution in [2.75, 3.05) is 27.1 Å². The van der Waals surface area contributed by atoms with E-state index in [1.54, 1.807) is 7.11 Å². The molecule has 4 fully saturated rings. The van der Waals surface area contributed by atoms with Crippen molar-refractivity contribution in [3.8, 4) is 0 Å². The summed E-state index contributed by atoms with van der Waals surface area (Å²) in [5.74, 6) is 0.487. The highest BCUT2D eigenvalue weighted by atomic mass is 16.7. The highest BCUT2D eigenvalue weighted by molar-refractivity contribution is 5.19. The maximum atomic E-state index is 11.6. The van der Waals surface area contributed by atoms with Crippen molar-refractivity contribution in [2.45, 2.75) is 71.4 Å². The van der Waals surface area contributed by atoms with Crippen molar-refractivity contribution in [2.24, 2.45) is 34.5 Å². The van der Waals surface area contributed by atoms with Gasteiger partial charge in [-0.2, -0.15) is 0 Å². The standard InChI is InChI=1S/C21H36O5/c1-13-6-7-20-8-9-21(25-10-11-26-21)18(20)19(13,4)17(22)14(2)16(15(20)3)24-12-23-5/h13-18,22H,6-12H2,1-5H3/t13-,14+,15+,16-,17+,18+,19+,20+/m1/s1. The summed E-state index contributed by atoms with van der Waals surface area (Å²) < 4.78 is 24.1. The van der Waals surface area contributed by atoms with Crippen LogP contribution >= 0.6 is 0 Å². The molecule has 3 saturated carbocycles. The summed E-state index contributed by atoms with van der Waals surface area (Å²) in [5, 5.41) is 11.6. The fourth-order valence-corrected chi connectivity index (χ4v) is 7.51. The summed E-state index contributed by atoms with van der Waals surface area (Å²) in [6, 6.07) is 0. The zero-order valence-electron chi connectivity index (χ0n) is 17.0. The second-order valence-electron chi connectivity index (χ2n) is 9.61. The first-order valence-electron chi connectivity index (χ1n) is 10.4. The highest BCUT2D eigenvalue weighted by Crippen LogP contribution is 2.72. The van der Waals surface area contributed by atoms with E-state index in [4.69, 9.17) is 18.9 Å². The average molecular weight is 369 g/mol. The van der Waals surface area contributed by atoms with Crippen molar-refractivity contribution >= 4 is 0 Å². The molecule has 8 atom stereocenters. The number of aliphatic hydroxyl groups is 1. The lowest BCUT2D eigenvalue weighted by Gasteiger charge is -2.58. The third kappa shape index (κ3) is 2.27. The fourth-order valence-electron chi connectivity index (χ4n) is 7.51. The fraction of sp³-hybridized carbons (Fsp3) is 1.00. The second kappa shape index (κ2) is 6.41. The van der Waals surface area contributed by atoms with Gasteiger partial charge in [-0.05, 0) is 36.5 Å². The summed E-state index contributed by atoms with van der Waals surface area (Å²) in [6.45, 7) is 10.7. The van der Waals surface area contributed by atoms with Crippen LogP contribution in [-0.2, 0) is 18.9 Å². The van der Waals surface area contributed by atoms with Crippen LogP contribution in [-0.4, -0.2) is 50.2 Å². The zero-order valence-corrected chi connectivity index (χ0v) is 17.0. The van der Waals surface area contributed by atoms with Crippen LogP contribution in [0, 0.1) is 34.5 Å². The van der Waals surface area contributed by atoms with E-state index in [1.807, 2.05) is 0 Å². The summed E-state index contributed by atoms with van der Waals surface area (Å²) >= 11 is 0. The van der Waals surface area contributed by atoms with Crippen LogP contribution in [0.3, 0.4) is 0 Å². The first-order valence-corrected chi connectivity index (χ1v) is 10.4. The van der Waals surface area contributed by atoms with E-state index >= 15 is 0 Å². The molecule has 4 aliphatic rings. The van der Waals surface area contributed by atoms with Gasteiger partial charge >= 0.3 is 0 Å². The SMILES string of the molecule is COCO[C@@H]1[C@H](C)[C@H](O)[C@]2(C)[C@H](C)CC[C@]3(CCC4(OCCO4)[C@H]32)[C@H]1C. The molecular formula is C21H36O5. The summed E-state index contributed by atoms with van der Waals surface area (Å²) in [6.07, 6.45) is 3.87. The van der Waals surface area contributed by atoms with E-state index in [-0.39, 0.29) is 35.6 Å². The molecule has 150 valence electrons. The molecule has 0 unspecified atom stereocenters. The van der Waals surface area contributed by atoms with Gasteiger partial charge in [-0.25, -0.2) is 0 Å². The minimum atomic E-state index is -0.519. The molecule has 1 saturated heterocycles. The molecule has 1 aliphatic heterocycles. The van der Waals surface area contributed by atoms with Crippen LogP contribution in [0.5, 0.6) is 0 Å². The number of aliphatic hydroxyl groups excluding tert-OH is 1. The molecule has 0 aromatic carbocycles. The van der Waals surface area contributed by atoms with Crippen molar-refractivity contribution in [1.29, 1.82) is 0 Å². The molecule has 0 aromatic rings. The van der Waals surface area contributed by atoms with Gasteiger partial charge in [0.25, 0.3) is 0 Å². The highest BCUT2D eigenvalue weighted by Gasteiger charge is 2.74. The van der Waals surface area contributed by atoms with Crippen LogP contribution in [0.2, 0.25) is 0 Å². The minimum Gasteiger partial charge on any atom is -0.392 e. The Morgan fingerprint density at radius 1 is 1.08 bits per heavy atom. The molecule has 5 heteroatoms. The Balaban J connectivity index is 1.85. The molecule has 0 amide bonds. The van der Waals surface area contributed by atoms with Gasteiger partial charge in [-0.1, -0.05) is 27.7 Å². The third-order valence-electron chi connectivity index (χ3n) is 8.89. The van der Waals surface area contributed by atoms with Crippen molar-refractivity contribution < 1.29 is 24.1 Å². The number of hydrogen-bond acceptors (Lipinski definition) is 5. The normalized spacial score (nSPS) is 52.8. The van der Waals surface area contributed by atoms with Gasteiger partial charge in [0, 0.05) is 30.8 Å². The van der Waals surface area contributed by atoms with Gasteiger partial charge in [0.05, 0.1) is 25.4 Å². The number of methoxy groups -OCH3 is 1. The number of rotatable bonds is 3. The lowest BCUT2D eigenvalue weighted by atomic mass is 9.48. The topological polar surface area (TPSA) is 57.2 Å². The smallest absolute Gasteiger partial charge is 0.172 e. The molecule has 4 rings (SSSR count). The molecule has 3 aliphatic carbocycles. The van der Waals surface area contributed by atoms with Crippen LogP contribution in [0.4, 0.5) is 0 Å². The first kappa shape index (κ1) is 19.1. The Morgan fingerprint density at radius 3 is 2.42 bits per heavy atom. The maximum Gasteiger partial charge on any atom is 0.172 e. The second-order valence-corrected chi connectivity index (χ2v) is 9.61. The maximum absolute atomic E-state index is 11.6. The Labute approximate surface area is 157 Å². The molecule has 0 radical (unpaired) electrons. The van der Waals surface area contributed by atoms with E-state index in [0.717, 1.165) is 25.7 Å². The van der Waals surface area contributed by atoms with E-state index in [9.17, 15) is 5.11 Å². The molecule has 0 aromatic heterocycles. The van der Waals surface area contributed by atoms with Crippen molar-refractivity contribution in [3.05, 3.63) is 0 Å². The van der Waals surface area contributed by atoms with E-state index < -0.39 is 11.9 Å². The van der Waals surface area contributed by atoms with E-state index in [1.165, 1.54) is 0 Å². The Bertz CT molecular complexity index is 532. The monoisotopic (exact) mass is 368 g/mol. The quantitative estimate of drug-likeness (QED) is 0.775. The predicted molar refractivity (Wildman–Crippen MR) is 97.4 cm³/mol. The van der Waals surface area contributed by atoms with Crippen molar-refractivity contribution in [3.63, 3.8) is 0 Å². The van der Waals surface area contributed by atoms with Gasteiger partial charge < -0.3 is 24.1 Å². The molecular weight excluding hydrogens is 332 g/mol. The minimum absolute atomic E-state index is 0.0175. The summed E-state index contributed by atoms with van der Waals surface area (Å²) in [4.78, 5) is 0. The van der Waals surface area contributed by atoms with Crippen LogP contribution < -0.4 is 0 Å². The Morgan fingerprint density at radius 2 is 1.77 bits per heavy atom.